The monoisotopic (exact) mass is 429 g/mol. The van der Waals surface area contributed by atoms with Gasteiger partial charge in [0.15, 0.2) is 17.5 Å². The minimum atomic E-state index is 0.552. The number of nitrogens with one attached hydrogen (secondary N) is 2. The number of hydrogen-bond donors (Lipinski definition) is 2. The van der Waals surface area contributed by atoms with Gasteiger partial charge < -0.3 is 29.6 Å². The van der Waals surface area contributed by atoms with Crippen LogP contribution in [-0.4, -0.2) is 46.0 Å². The molecule has 0 aliphatic heterocycles. The molecule has 0 amide bonds. The van der Waals surface area contributed by atoms with Crippen LogP contribution in [0.3, 0.4) is 0 Å². The normalized spacial score (nSPS) is 11.3. The first-order valence-corrected chi connectivity index (χ1v) is 10.8. The summed E-state index contributed by atoms with van der Waals surface area (Å²) in [6, 6.07) is 14.0. The Kier molecular flexibility index (Phi) is 11.3. The standard InChI is InChI=1S/C24H35N3O4/c1-5-25-24(27-21-11-12-22(31-7-3)23(16-21)28-4)26-17-19-9-8-10-20(15-19)18-30-14-13-29-6-2/h8-12,15-16H,5-7,13-14,17-18H2,1-4H3,(H2,25,26,27). The Morgan fingerprint density at radius 1 is 0.903 bits per heavy atom. The number of ether oxygens (including phenoxy) is 4. The molecule has 0 aliphatic rings. The molecule has 0 heterocycles. The fraction of sp³-hybridized carbons (Fsp3) is 0.458. The largest absolute Gasteiger partial charge is 0.493 e. The number of aliphatic imine (C=N–C) groups is 1. The molecule has 0 saturated carbocycles. The van der Waals surface area contributed by atoms with Gasteiger partial charge in [-0.1, -0.05) is 24.3 Å². The average Bonchev–Trinajstić information content (AvgIpc) is 2.79. The van der Waals surface area contributed by atoms with E-state index in [1.54, 1.807) is 7.11 Å². The second-order valence-electron chi connectivity index (χ2n) is 6.69. The van der Waals surface area contributed by atoms with Gasteiger partial charge in [0.1, 0.15) is 0 Å². The second-order valence-corrected chi connectivity index (χ2v) is 6.69. The van der Waals surface area contributed by atoms with E-state index in [0.29, 0.717) is 51.3 Å². The number of methoxy groups -OCH3 is 1. The molecular formula is C24H35N3O4. The highest BCUT2D eigenvalue weighted by Gasteiger charge is 2.07. The minimum Gasteiger partial charge on any atom is -0.493 e. The molecule has 0 fully saturated rings. The van der Waals surface area contributed by atoms with E-state index < -0.39 is 0 Å². The van der Waals surface area contributed by atoms with E-state index in [-0.39, 0.29) is 0 Å². The maximum absolute atomic E-state index is 5.66. The lowest BCUT2D eigenvalue weighted by molar-refractivity contribution is 0.0453. The van der Waals surface area contributed by atoms with Crippen LogP contribution in [0.2, 0.25) is 0 Å². The Bertz CT molecular complexity index is 811. The average molecular weight is 430 g/mol. The smallest absolute Gasteiger partial charge is 0.196 e. The first kappa shape index (κ1) is 24.5. The van der Waals surface area contributed by atoms with Crippen molar-refractivity contribution in [3.63, 3.8) is 0 Å². The molecule has 0 atom stereocenters. The van der Waals surface area contributed by atoms with Crippen molar-refractivity contribution >= 4 is 11.6 Å². The predicted molar refractivity (Wildman–Crippen MR) is 125 cm³/mol. The van der Waals surface area contributed by atoms with Crippen molar-refractivity contribution in [3.05, 3.63) is 53.6 Å². The SMILES string of the molecule is CCNC(=NCc1cccc(COCCOCC)c1)Nc1ccc(OCC)c(OC)c1. The van der Waals surface area contributed by atoms with Crippen molar-refractivity contribution in [2.24, 2.45) is 4.99 Å². The number of hydrogen-bond acceptors (Lipinski definition) is 5. The summed E-state index contributed by atoms with van der Waals surface area (Å²) in [4.78, 5) is 4.72. The van der Waals surface area contributed by atoms with E-state index in [4.69, 9.17) is 23.9 Å². The summed E-state index contributed by atoms with van der Waals surface area (Å²) in [5.74, 6) is 2.10. The highest BCUT2D eigenvalue weighted by atomic mass is 16.5. The zero-order chi connectivity index (χ0) is 22.3. The molecule has 7 nitrogen and oxygen atoms in total. The van der Waals surface area contributed by atoms with E-state index in [2.05, 4.69) is 28.8 Å². The van der Waals surface area contributed by atoms with Gasteiger partial charge in [0.25, 0.3) is 0 Å². The van der Waals surface area contributed by atoms with Crippen LogP contribution in [0.5, 0.6) is 11.5 Å². The van der Waals surface area contributed by atoms with Crippen LogP contribution >= 0.6 is 0 Å². The Morgan fingerprint density at radius 3 is 2.45 bits per heavy atom. The first-order chi connectivity index (χ1) is 15.2. The molecule has 2 N–H and O–H groups in total. The highest BCUT2D eigenvalue weighted by Crippen LogP contribution is 2.30. The fourth-order valence-electron chi connectivity index (χ4n) is 2.90. The molecule has 31 heavy (non-hydrogen) atoms. The number of rotatable bonds is 13. The van der Waals surface area contributed by atoms with Crippen molar-refractivity contribution in [2.45, 2.75) is 33.9 Å². The summed E-state index contributed by atoms with van der Waals surface area (Å²) in [6.07, 6.45) is 0. The molecule has 0 aliphatic carbocycles. The summed E-state index contributed by atoms with van der Waals surface area (Å²) >= 11 is 0. The van der Waals surface area contributed by atoms with E-state index in [1.165, 1.54) is 0 Å². The Morgan fingerprint density at radius 2 is 1.71 bits per heavy atom. The molecule has 170 valence electrons. The number of benzene rings is 2. The highest BCUT2D eigenvalue weighted by molar-refractivity contribution is 5.93. The van der Waals surface area contributed by atoms with E-state index in [1.807, 2.05) is 45.0 Å². The molecule has 0 radical (unpaired) electrons. The third-order valence-electron chi connectivity index (χ3n) is 4.33. The van der Waals surface area contributed by atoms with Crippen molar-refractivity contribution in [1.29, 1.82) is 0 Å². The van der Waals surface area contributed by atoms with Crippen molar-refractivity contribution < 1.29 is 18.9 Å². The molecule has 2 aromatic rings. The lowest BCUT2D eigenvalue weighted by Crippen LogP contribution is -2.30. The van der Waals surface area contributed by atoms with Crippen LogP contribution in [-0.2, 0) is 22.6 Å². The lowest BCUT2D eigenvalue weighted by Gasteiger charge is -2.14. The Hall–Kier alpha value is -2.77. The summed E-state index contributed by atoms with van der Waals surface area (Å²) in [5, 5.41) is 6.60. The topological polar surface area (TPSA) is 73.3 Å². The van der Waals surface area contributed by atoms with Crippen molar-refractivity contribution in [1.82, 2.24) is 5.32 Å². The minimum absolute atomic E-state index is 0.552. The second kappa shape index (κ2) is 14.3. The first-order valence-electron chi connectivity index (χ1n) is 10.8. The molecule has 7 heteroatoms. The molecule has 0 saturated heterocycles. The predicted octanol–water partition coefficient (Wildman–Crippen LogP) is 4.22. The lowest BCUT2D eigenvalue weighted by atomic mass is 10.1. The van der Waals surface area contributed by atoms with Gasteiger partial charge in [-0.25, -0.2) is 4.99 Å². The van der Waals surface area contributed by atoms with Gasteiger partial charge in [0, 0.05) is 24.9 Å². The quantitative estimate of drug-likeness (QED) is 0.282. The van der Waals surface area contributed by atoms with Gasteiger partial charge in [-0.3, -0.25) is 0 Å². The zero-order valence-corrected chi connectivity index (χ0v) is 19.1. The molecule has 0 aromatic heterocycles. The van der Waals surface area contributed by atoms with Crippen LogP contribution < -0.4 is 20.1 Å². The van der Waals surface area contributed by atoms with Crippen LogP contribution in [0.4, 0.5) is 5.69 Å². The molecule has 0 spiro atoms. The Balaban J connectivity index is 2.00. The van der Waals surface area contributed by atoms with Crippen molar-refractivity contribution in [3.8, 4) is 11.5 Å². The number of guanidine groups is 1. The van der Waals surface area contributed by atoms with Gasteiger partial charge in [-0.15, -0.1) is 0 Å². The van der Waals surface area contributed by atoms with Crippen molar-refractivity contribution in [2.75, 3.05) is 45.4 Å². The van der Waals surface area contributed by atoms with Gasteiger partial charge in [-0.2, -0.15) is 0 Å². The van der Waals surface area contributed by atoms with Crippen LogP contribution in [0.25, 0.3) is 0 Å². The van der Waals surface area contributed by atoms with E-state index in [0.717, 1.165) is 29.1 Å². The van der Waals surface area contributed by atoms with Gasteiger partial charge in [0.05, 0.1) is 40.1 Å². The Labute approximate surface area is 185 Å². The zero-order valence-electron chi connectivity index (χ0n) is 19.1. The maximum atomic E-state index is 5.66. The summed E-state index contributed by atoms with van der Waals surface area (Å²) in [7, 11) is 1.63. The third-order valence-corrected chi connectivity index (χ3v) is 4.33. The summed E-state index contributed by atoms with van der Waals surface area (Å²) in [6.45, 7) is 10.3. The van der Waals surface area contributed by atoms with E-state index in [9.17, 15) is 0 Å². The van der Waals surface area contributed by atoms with Crippen LogP contribution in [0.1, 0.15) is 31.9 Å². The fourth-order valence-corrected chi connectivity index (χ4v) is 2.90. The molecular weight excluding hydrogens is 394 g/mol. The van der Waals surface area contributed by atoms with Gasteiger partial charge in [-0.05, 0) is 44.0 Å². The van der Waals surface area contributed by atoms with Gasteiger partial charge >= 0.3 is 0 Å². The third kappa shape index (κ3) is 8.86. The number of nitrogens with zero attached hydrogens (tertiary/aromatic N) is 1. The van der Waals surface area contributed by atoms with Crippen LogP contribution in [0, 0.1) is 0 Å². The van der Waals surface area contributed by atoms with Crippen LogP contribution in [0.15, 0.2) is 47.5 Å². The molecule has 0 bridgehead atoms. The summed E-state index contributed by atoms with van der Waals surface area (Å²) < 4.78 is 22.0. The number of anilines is 1. The maximum Gasteiger partial charge on any atom is 0.196 e. The molecule has 2 rings (SSSR count). The van der Waals surface area contributed by atoms with Gasteiger partial charge in [0.2, 0.25) is 0 Å². The van der Waals surface area contributed by atoms with E-state index >= 15 is 0 Å². The molecule has 0 unspecified atom stereocenters. The summed E-state index contributed by atoms with van der Waals surface area (Å²) in [5.41, 5.74) is 3.11. The molecule has 2 aromatic carbocycles.